The van der Waals surface area contributed by atoms with Crippen LogP contribution in [-0.4, -0.2) is 17.3 Å². The lowest BCUT2D eigenvalue weighted by atomic mass is 9.85. The van der Waals surface area contributed by atoms with Gasteiger partial charge in [0.05, 0.1) is 5.70 Å². The van der Waals surface area contributed by atoms with Crippen molar-refractivity contribution >= 4 is 11.5 Å². The van der Waals surface area contributed by atoms with Gasteiger partial charge in [-0.25, -0.2) is 4.99 Å². The van der Waals surface area contributed by atoms with Gasteiger partial charge in [-0.2, -0.15) is 0 Å². The second kappa shape index (κ2) is 8.43. The Morgan fingerprint density at radius 1 is 1.17 bits per heavy atom. The number of hydrogen-bond acceptors (Lipinski definition) is 5. The molecule has 1 saturated carbocycles. The molecule has 1 heterocycles. The average Bonchev–Trinajstić information content (AvgIpc) is 2.69. The lowest BCUT2D eigenvalue weighted by molar-refractivity contribution is 0.253. The molecule has 0 saturated heterocycles. The Hall–Kier alpha value is -3.21. The molecule has 0 unspecified atom stereocenters. The summed E-state index contributed by atoms with van der Waals surface area (Å²) in [4.78, 5) is 6.41. The number of rotatable bonds is 6. The zero-order valence-electron chi connectivity index (χ0n) is 16.8. The summed E-state index contributed by atoms with van der Waals surface area (Å²) in [6.45, 7) is 3.52. The summed E-state index contributed by atoms with van der Waals surface area (Å²) in [5.41, 5.74) is 17.4. The van der Waals surface area contributed by atoms with E-state index in [2.05, 4.69) is 35.0 Å². The number of amidine groups is 1. The first-order valence-corrected chi connectivity index (χ1v) is 10.2. The van der Waals surface area contributed by atoms with Crippen molar-refractivity contribution < 1.29 is 4.74 Å². The first kappa shape index (κ1) is 19.1. The Morgan fingerprint density at radius 3 is 2.76 bits per heavy atom. The van der Waals surface area contributed by atoms with Crippen LogP contribution in [0.3, 0.4) is 0 Å². The highest BCUT2D eigenvalue weighted by molar-refractivity contribution is 6.03. The molecule has 1 fully saturated rings. The number of hydrogen-bond donors (Lipinski definition) is 2. The van der Waals surface area contributed by atoms with Crippen LogP contribution in [0.5, 0.6) is 5.75 Å². The first-order valence-electron chi connectivity index (χ1n) is 10.2. The van der Waals surface area contributed by atoms with Crippen LogP contribution in [0.4, 0.5) is 0 Å². The van der Waals surface area contributed by atoms with E-state index in [1.54, 1.807) is 6.20 Å². The van der Waals surface area contributed by atoms with Crippen molar-refractivity contribution in [3.63, 3.8) is 0 Å². The van der Waals surface area contributed by atoms with Gasteiger partial charge in [-0.1, -0.05) is 48.4 Å². The van der Waals surface area contributed by atoms with E-state index in [0.29, 0.717) is 24.1 Å². The molecule has 1 aliphatic carbocycles. The van der Waals surface area contributed by atoms with Crippen LogP contribution < -0.4 is 16.2 Å². The van der Waals surface area contributed by atoms with Crippen LogP contribution in [-0.2, 0) is 6.61 Å². The molecular formula is C24H28N4O. The highest BCUT2D eigenvalue weighted by Crippen LogP contribution is 2.30. The van der Waals surface area contributed by atoms with Gasteiger partial charge in [0.25, 0.3) is 0 Å². The third-order valence-electron chi connectivity index (χ3n) is 5.56. The number of aryl methyl sites for hydroxylation is 1. The number of nitrogens with zero attached hydrogens (tertiary/aromatic N) is 2. The molecule has 4 rings (SSSR count). The molecule has 2 aromatic carbocycles. The monoisotopic (exact) mass is 388 g/mol. The SMILES string of the molecule is Cc1cccc(COc2cccc(/C(N)=C3\C(N)=NC=CN3CC3CCC3)c2)c1. The topological polar surface area (TPSA) is 76.9 Å². The summed E-state index contributed by atoms with van der Waals surface area (Å²) in [7, 11) is 0. The standard InChI is InChI=1S/C24H28N4O/c1-17-5-2-8-19(13-17)16-29-21-10-4-9-20(14-21)22(25)23-24(26)27-11-12-28(23)15-18-6-3-7-18/h2,4-5,8-14,18H,3,6-7,15-16,25H2,1H3,(H2,26,27)/b23-22-. The normalized spacial score (nSPS) is 18.2. The second-order valence-electron chi connectivity index (χ2n) is 7.83. The molecule has 0 radical (unpaired) electrons. The fourth-order valence-corrected chi connectivity index (χ4v) is 3.73. The summed E-state index contributed by atoms with van der Waals surface area (Å²) in [5.74, 6) is 1.92. The van der Waals surface area contributed by atoms with Crippen LogP contribution >= 0.6 is 0 Å². The van der Waals surface area contributed by atoms with Crippen molar-refractivity contribution in [3.8, 4) is 5.75 Å². The maximum Gasteiger partial charge on any atom is 0.149 e. The van der Waals surface area contributed by atoms with E-state index < -0.39 is 0 Å². The largest absolute Gasteiger partial charge is 0.489 e. The number of aliphatic imine (C=N–C) groups is 1. The van der Waals surface area contributed by atoms with Gasteiger partial charge in [-0.05, 0) is 43.4 Å². The predicted octanol–water partition coefficient (Wildman–Crippen LogP) is 4.15. The van der Waals surface area contributed by atoms with Gasteiger partial charge in [0.15, 0.2) is 0 Å². The molecule has 29 heavy (non-hydrogen) atoms. The summed E-state index contributed by atoms with van der Waals surface area (Å²) < 4.78 is 6.00. The van der Waals surface area contributed by atoms with Gasteiger partial charge in [0.2, 0.25) is 0 Å². The van der Waals surface area contributed by atoms with E-state index in [0.717, 1.165) is 29.1 Å². The Bertz CT molecular complexity index is 972. The van der Waals surface area contributed by atoms with Crippen molar-refractivity contribution in [1.82, 2.24) is 4.90 Å². The molecule has 0 aromatic heterocycles. The zero-order chi connectivity index (χ0) is 20.2. The third-order valence-corrected chi connectivity index (χ3v) is 5.56. The highest BCUT2D eigenvalue weighted by Gasteiger charge is 2.25. The Labute approximate surface area is 172 Å². The van der Waals surface area contributed by atoms with E-state index in [1.807, 2.05) is 36.5 Å². The van der Waals surface area contributed by atoms with Crippen LogP contribution in [0.25, 0.3) is 5.70 Å². The molecule has 0 bridgehead atoms. The molecule has 5 nitrogen and oxygen atoms in total. The van der Waals surface area contributed by atoms with Crippen LogP contribution in [0.2, 0.25) is 0 Å². The molecule has 4 N–H and O–H groups in total. The minimum atomic E-state index is 0.454. The molecule has 2 aromatic rings. The quantitative estimate of drug-likeness (QED) is 0.779. The van der Waals surface area contributed by atoms with Gasteiger partial charge in [-0.15, -0.1) is 0 Å². The van der Waals surface area contributed by atoms with Crippen LogP contribution in [0.1, 0.15) is 36.0 Å². The molecule has 0 atom stereocenters. The van der Waals surface area contributed by atoms with E-state index in [1.165, 1.54) is 24.8 Å². The molecule has 1 aliphatic heterocycles. The Balaban J connectivity index is 1.55. The zero-order valence-corrected chi connectivity index (χ0v) is 16.8. The molecule has 0 spiro atoms. The van der Waals surface area contributed by atoms with Crippen LogP contribution in [0, 0.1) is 12.8 Å². The summed E-state index contributed by atoms with van der Waals surface area (Å²) >= 11 is 0. The third kappa shape index (κ3) is 4.45. The van der Waals surface area contributed by atoms with E-state index in [4.69, 9.17) is 16.2 Å². The lowest BCUT2D eigenvalue weighted by Crippen LogP contribution is -2.37. The minimum absolute atomic E-state index is 0.454. The Kier molecular flexibility index (Phi) is 5.56. The van der Waals surface area contributed by atoms with Crippen molar-refractivity contribution in [2.24, 2.45) is 22.4 Å². The smallest absolute Gasteiger partial charge is 0.149 e. The summed E-state index contributed by atoms with van der Waals surface area (Å²) in [6, 6.07) is 16.2. The van der Waals surface area contributed by atoms with E-state index in [9.17, 15) is 0 Å². The highest BCUT2D eigenvalue weighted by atomic mass is 16.5. The predicted molar refractivity (Wildman–Crippen MR) is 118 cm³/mol. The number of benzene rings is 2. The van der Waals surface area contributed by atoms with Gasteiger partial charge in [-0.3, -0.25) is 0 Å². The summed E-state index contributed by atoms with van der Waals surface area (Å²) in [6.07, 6.45) is 7.54. The molecule has 0 amide bonds. The Morgan fingerprint density at radius 2 is 2.00 bits per heavy atom. The van der Waals surface area contributed by atoms with Crippen molar-refractivity contribution in [3.05, 3.63) is 83.3 Å². The maximum atomic E-state index is 6.57. The fourth-order valence-electron chi connectivity index (χ4n) is 3.73. The van der Waals surface area contributed by atoms with Gasteiger partial charge < -0.3 is 21.1 Å². The second-order valence-corrected chi connectivity index (χ2v) is 7.83. The molecule has 5 heteroatoms. The minimum Gasteiger partial charge on any atom is -0.489 e. The van der Waals surface area contributed by atoms with Gasteiger partial charge >= 0.3 is 0 Å². The molecule has 150 valence electrons. The number of ether oxygens (including phenoxy) is 1. The molecule has 2 aliphatic rings. The van der Waals surface area contributed by atoms with Gasteiger partial charge in [0, 0.05) is 24.5 Å². The number of nitrogens with two attached hydrogens (primary N) is 2. The van der Waals surface area contributed by atoms with Gasteiger partial charge in [0.1, 0.15) is 23.9 Å². The first-order chi connectivity index (χ1) is 14.1. The lowest BCUT2D eigenvalue weighted by Gasteiger charge is -2.34. The average molecular weight is 389 g/mol. The van der Waals surface area contributed by atoms with E-state index in [-0.39, 0.29) is 0 Å². The summed E-state index contributed by atoms with van der Waals surface area (Å²) in [5, 5.41) is 0. The van der Waals surface area contributed by atoms with Crippen molar-refractivity contribution in [2.75, 3.05) is 6.54 Å². The van der Waals surface area contributed by atoms with E-state index >= 15 is 0 Å². The maximum absolute atomic E-state index is 6.57. The van der Waals surface area contributed by atoms with Crippen LogP contribution in [0.15, 0.2) is 71.6 Å². The fraction of sp³-hybridized carbons (Fsp3) is 0.292. The van der Waals surface area contributed by atoms with Crippen molar-refractivity contribution in [2.45, 2.75) is 32.8 Å². The molecular weight excluding hydrogens is 360 g/mol. The van der Waals surface area contributed by atoms with Crippen molar-refractivity contribution in [1.29, 1.82) is 0 Å².